The summed E-state index contributed by atoms with van der Waals surface area (Å²) in [6.45, 7) is 1.95. The summed E-state index contributed by atoms with van der Waals surface area (Å²) < 4.78 is 24.3. The average Bonchev–Trinajstić information content (AvgIpc) is 2.53. The molecule has 0 aliphatic rings. The van der Waals surface area contributed by atoms with Crippen LogP contribution < -0.4 is 0 Å². The molecular formula is C18H16N2O4S. The molecule has 2 heterocycles. The largest absolute Gasteiger partial charge is 0.478 e. The molecule has 0 saturated carbocycles. The van der Waals surface area contributed by atoms with Crippen molar-refractivity contribution in [3.05, 3.63) is 65.0 Å². The van der Waals surface area contributed by atoms with Crippen molar-refractivity contribution in [3.63, 3.8) is 0 Å². The molecule has 0 bridgehead atoms. The third-order valence-electron chi connectivity index (χ3n) is 3.80. The summed E-state index contributed by atoms with van der Waals surface area (Å²) in [5.74, 6) is -1.06. The van der Waals surface area contributed by atoms with Crippen LogP contribution in [0.2, 0.25) is 0 Å². The van der Waals surface area contributed by atoms with Gasteiger partial charge in [0.05, 0.1) is 11.1 Å². The Labute approximate surface area is 145 Å². The van der Waals surface area contributed by atoms with Crippen LogP contribution in [0.4, 0.5) is 0 Å². The fourth-order valence-corrected chi connectivity index (χ4v) is 3.54. The lowest BCUT2D eigenvalue weighted by Crippen LogP contribution is -2.08. The SMILES string of the molecule is Cc1ccc2nc(S(C)(=O)=O)c(Cc3cc(C(=O)O)ccn3)cc2c1. The lowest BCUT2D eigenvalue weighted by molar-refractivity contribution is 0.0696. The van der Waals surface area contributed by atoms with E-state index in [2.05, 4.69) is 9.97 Å². The number of aromatic nitrogens is 2. The Morgan fingerprint density at radius 1 is 1.16 bits per heavy atom. The maximum Gasteiger partial charge on any atom is 0.335 e. The van der Waals surface area contributed by atoms with Crippen molar-refractivity contribution in [2.75, 3.05) is 6.26 Å². The molecule has 0 unspecified atom stereocenters. The number of rotatable bonds is 4. The smallest absolute Gasteiger partial charge is 0.335 e. The molecule has 128 valence electrons. The molecule has 0 radical (unpaired) electrons. The second-order valence-corrected chi connectivity index (χ2v) is 7.87. The van der Waals surface area contributed by atoms with Gasteiger partial charge < -0.3 is 5.11 Å². The number of carboxylic acids is 1. The Bertz CT molecular complexity index is 1090. The molecule has 3 aromatic rings. The van der Waals surface area contributed by atoms with Crippen LogP contribution >= 0.6 is 0 Å². The molecule has 0 saturated heterocycles. The van der Waals surface area contributed by atoms with E-state index in [-0.39, 0.29) is 17.0 Å². The molecule has 25 heavy (non-hydrogen) atoms. The van der Waals surface area contributed by atoms with E-state index in [4.69, 9.17) is 5.11 Å². The summed E-state index contributed by atoms with van der Waals surface area (Å²) in [6, 6.07) is 10.2. The zero-order valence-corrected chi connectivity index (χ0v) is 14.5. The number of sulfone groups is 1. The van der Waals surface area contributed by atoms with E-state index in [1.165, 1.54) is 18.3 Å². The number of hydrogen-bond acceptors (Lipinski definition) is 5. The van der Waals surface area contributed by atoms with Gasteiger partial charge in [0, 0.05) is 30.0 Å². The van der Waals surface area contributed by atoms with Crippen molar-refractivity contribution in [1.82, 2.24) is 9.97 Å². The first-order chi connectivity index (χ1) is 11.7. The topological polar surface area (TPSA) is 97.2 Å². The third kappa shape index (κ3) is 3.66. The van der Waals surface area contributed by atoms with Crippen LogP contribution in [0.1, 0.15) is 27.2 Å². The molecule has 7 heteroatoms. The lowest BCUT2D eigenvalue weighted by atomic mass is 10.1. The zero-order valence-electron chi connectivity index (χ0n) is 13.7. The van der Waals surface area contributed by atoms with Crippen molar-refractivity contribution in [1.29, 1.82) is 0 Å². The second kappa shape index (κ2) is 6.25. The summed E-state index contributed by atoms with van der Waals surface area (Å²) in [7, 11) is -3.54. The maximum atomic E-state index is 12.2. The van der Waals surface area contributed by atoms with Gasteiger partial charge in [-0.2, -0.15) is 0 Å². The zero-order chi connectivity index (χ0) is 18.2. The molecule has 0 aliphatic heterocycles. The first-order valence-electron chi connectivity index (χ1n) is 7.52. The molecule has 6 nitrogen and oxygen atoms in total. The molecule has 2 aromatic heterocycles. The van der Waals surface area contributed by atoms with Crippen LogP contribution in [0.15, 0.2) is 47.6 Å². The molecule has 1 N–H and O–H groups in total. The van der Waals surface area contributed by atoms with Gasteiger partial charge in [0.25, 0.3) is 0 Å². The molecule has 0 spiro atoms. The number of aromatic carboxylic acids is 1. The molecular weight excluding hydrogens is 340 g/mol. The Morgan fingerprint density at radius 2 is 1.92 bits per heavy atom. The first kappa shape index (κ1) is 17.0. The summed E-state index contributed by atoms with van der Waals surface area (Å²) in [4.78, 5) is 19.6. The highest BCUT2D eigenvalue weighted by atomic mass is 32.2. The average molecular weight is 356 g/mol. The number of benzene rings is 1. The highest BCUT2D eigenvalue weighted by Crippen LogP contribution is 2.23. The number of carboxylic acid groups (broad SMARTS) is 1. The van der Waals surface area contributed by atoms with Gasteiger partial charge in [-0.1, -0.05) is 11.6 Å². The van der Waals surface area contributed by atoms with Gasteiger partial charge in [-0.15, -0.1) is 0 Å². The van der Waals surface area contributed by atoms with Gasteiger partial charge >= 0.3 is 5.97 Å². The minimum Gasteiger partial charge on any atom is -0.478 e. The Morgan fingerprint density at radius 3 is 2.60 bits per heavy atom. The first-order valence-corrected chi connectivity index (χ1v) is 9.42. The molecule has 3 rings (SSSR count). The quantitative estimate of drug-likeness (QED) is 0.772. The van der Waals surface area contributed by atoms with Crippen LogP contribution in [-0.2, 0) is 16.3 Å². The number of nitrogens with zero attached hydrogens (tertiary/aromatic N) is 2. The van der Waals surface area contributed by atoms with E-state index >= 15 is 0 Å². The molecule has 0 atom stereocenters. The number of aryl methyl sites for hydroxylation is 1. The predicted octanol–water partition coefficient (Wildman–Crippen LogP) is 2.63. The van der Waals surface area contributed by atoms with Gasteiger partial charge in [0.1, 0.15) is 0 Å². The van der Waals surface area contributed by atoms with Crippen LogP contribution in [0.25, 0.3) is 10.9 Å². The molecule has 0 aliphatic carbocycles. The summed E-state index contributed by atoms with van der Waals surface area (Å²) in [6.07, 6.45) is 2.69. The molecule has 0 amide bonds. The summed E-state index contributed by atoms with van der Waals surface area (Å²) in [5, 5.41) is 9.92. The van der Waals surface area contributed by atoms with Crippen molar-refractivity contribution in [2.45, 2.75) is 18.4 Å². The monoisotopic (exact) mass is 356 g/mol. The Balaban J connectivity index is 2.16. The predicted molar refractivity (Wildman–Crippen MR) is 93.6 cm³/mol. The normalized spacial score (nSPS) is 11.6. The van der Waals surface area contributed by atoms with E-state index in [1.807, 2.05) is 19.1 Å². The van der Waals surface area contributed by atoms with Crippen molar-refractivity contribution < 1.29 is 18.3 Å². The fraction of sp³-hybridized carbons (Fsp3) is 0.167. The number of carbonyl (C=O) groups is 1. The van der Waals surface area contributed by atoms with Gasteiger partial charge in [-0.3, -0.25) is 4.98 Å². The third-order valence-corrected chi connectivity index (χ3v) is 4.85. The van der Waals surface area contributed by atoms with Gasteiger partial charge in [0.15, 0.2) is 14.9 Å². The highest BCUT2D eigenvalue weighted by molar-refractivity contribution is 7.90. The van der Waals surface area contributed by atoms with Crippen molar-refractivity contribution in [3.8, 4) is 0 Å². The van der Waals surface area contributed by atoms with E-state index in [0.29, 0.717) is 16.8 Å². The summed E-state index contributed by atoms with van der Waals surface area (Å²) >= 11 is 0. The molecule has 1 aromatic carbocycles. The van der Waals surface area contributed by atoms with Gasteiger partial charge in [-0.25, -0.2) is 18.2 Å². The van der Waals surface area contributed by atoms with Gasteiger partial charge in [0.2, 0.25) is 0 Å². The van der Waals surface area contributed by atoms with Crippen molar-refractivity contribution >= 4 is 26.7 Å². The summed E-state index contributed by atoms with van der Waals surface area (Å²) in [5.41, 5.74) is 2.71. The number of fused-ring (bicyclic) bond motifs is 1. The van der Waals surface area contributed by atoms with Crippen LogP contribution in [0.5, 0.6) is 0 Å². The van der Waals surface area contributed by atoms with Crippen molar-refractivity contribution in [2.24, 2.45) is 0 Å². The lowest BCUT2D eigenvalue weighted by Gasteiger charge is -2.10. The number of pyridine rings is 2. The van der Waals surface area contributed by atoms with Crippen LogP contribution in [0.3, 0.4) is 0 Å². The van der Waals surface area contributed by atoms with Crippen LogP contribution in [-0.4, -0.2) is 35.7 Å². The Kier molecular flexibility index (Phi) is 4.26. The standard InChI is InChI=1S/C18H16N2O4S/c1-11-3-4-16-13(7-11)8-14(17(20-16)25(2,23)24)10-15-9-12(18(21)22)5-6-19-15/h3-9H,10H2,1-2H3,(H,21,22). The van der Waals surface area contributed by atoms with Crippen LogP contribution in [0, 0.1) is 6.92 Å². The number of hydrogen-bond donors (Lipinski definition) is 1. The Hall–Kier alpha value is -2.80. The van der Waals surface area contributed by atoms with E-state index in [0.717, 1.165) is 17.2 Å². The van der Waals surface area contributed by atoms with E-state index in [9.17, 15) is 13.2 Å². The highest BCUT2D eigenvalue weighted by Gasteiger charge is 2.18. The minimum absolute atomic E-state index is 0.00798. The minimum atomic E-state index is -3.54. The van der Waals surface area contributed by atoms with E-state index in [1.54, 1.807) is 12.1 Å². The fourth-order valence-electron chi connectivity index (χ4n) is 2.67. The van der Waals surface area contributed by atoms with E-state index < -0.39 is 15.8 Å². The van der Waals surface area contributed by atoms with Gasteiger partial charge in [-0.05, 0) is 42.8 Å². The maximum absolute atomic E-state index is 12.2. The second-order valence-electron chi connectivity index (χ2n) is 5.94. The molecule has 0 fully saturated rings.